The van der Waals surface area contributed by atoms with Crippen LogP contribution in [-0.2, 0) is 14.9 Å². The maximum absolute atomic E-state index is 14.0. The average molecular weight is 457 g/mol. The second kappa shape index (κ2) is 9.79. The van der Waals surface area contributed by atoms with Crippen molar-refractivity contribution in [2.24, 2.45) is 5.92 Å². The van der Waals surface area contributed by atoms with Crippen LogP contribution >= 0.6 is 0 Å². The van der Waals surface area contributed by atoms with Crippen LogP contribution in [0, 0.1) is 11.7 Å². The molecule has 8 heteroatoms. The highest BCUT2D eigenvalue weighted by molar-refractivity contribution is 5.97. The van der Waals surface area contributed by atoms with Crippen molar-refractivity contribution in [1.29, 1.82) is 0 Å². The second-order valence-corrected chi connectivity index (χ2v) is 8.85. The van der Waals surface area contributed by atoms with E-state index in [2.05, 4.69) is 10.6 Å². The van der Waals surface area contributed by atoms with Gasteiger partial charge in [-0.1, -0.05) is 32.0 Å². The number of amides is 2. The van der Waals surface area contributed by atoms with Gasteiger partial charge in [0, 0.05) is 25.2 Å². The van der Waals surface area contributed by atoms with Crippen molar-refractivity contribution in [3.63, 3.8) is 0 Å². The van der Waals surface area contributed by atoms with Crippen LogP contribution < -0.4 is 20.1 Å². The molecule has 4 rings (SSSR count). The van der Waals surface area contributed by atoms with Crippen molar-refractivity contribution in [2.75, 3.05) is 26.6 Å². The molecule has 0 bridgehead atoms. The zero-order chi connectivity index (χ0) is 23.4. The Labute approximate surface area is 192 Å². The molecule has 1 unspecified atom stereocenters. The fourth-order valence-electron chi connectivity index (χ4n) is 4.32. The van der Waals surface area contributed by atoms with Crippen LogP contribution in [-0.4, -0.2) is 44.4 Å². The van der Waals surface area contributed by atoms with Crippen LogP contribution in [0.1, 0.15) is 42.6 Å². The quantitative estimate of drug-likeness (QED) is 0.669. The van der Waals surface area contributed by atoms with E-state index in [0.717, 1.165) is 18.4 Å². The van der Waals surface area contributed by atoms with Gasteiger partial charge in [-0.05, 0) is 48.6 Å². The van der Waals surface area contributed by atoms with Crippen LogP contribution in [0.3, 0.4) is 0 Å². The molecule has 2 aromatic rings. The number of ether oxygens (including phenoxy) is 3. The lowest BCUT2D eigenvalue weighted by atomic mass is 9.74. The van der Waals surface area contributed by atoms with Crippen LogP contribution in [0.4, 0.5) is 4.39 Å². The van der Waals surface area contributed by atoms with Crippen LogP contribution in [0.25, 0.3) is 0 Å². The normalized spacial score (nSPS) is 17.5. The van der Waals surface area contributed by atoms with Crippen LogP contribution in [0.2, 0.25) is 0 Å². The minimum atomic E-state index is -0.800. The van der Waals surface area contributed by atoms with E-state index in [4.69, 9.17) is 14.2 Å². The highest BCUT2D eigenvalue weighted by Gasteiger charge is 2.37. The number of hydrogen-bond donors (Lipinski definition) is 2. The van der Waals surface area contributed by atoms with E-state index in [1.807, 2.05) is 32.0 Å². The molecule has 2 N–H and O–H groups in total. The van der Waals surface area contributed by atoms with Gasteiger partial charge in [0.1, 0.15) is 11.9 Å². The summed E-state index contributed by atoms with van der Waals surface area (Å²) in [6.45, 7) is 5.43. The number of nitrogens with one attached hydrogen (secondary N) is 2. The minimum Gasteiger partial charge on any atom is -0.454 e. The highest BCUT2D eigenvalue weighted by atomic mass is 19.1. The lowest BCUT2D eigenvalue weighted by Crippen LogP contribution is -2.53. The molecule has 0 aliphatic carbocycles. The van der Waals surface area contributed by atoms with Gasteiger partial charge in [0.05, 0.1) is 5.56 Å². The molecule has 2 aliphatic heterocycles. The van der Waals surface area contributed by atoms with Crippen molar-refractivity contribution in [3.05, 3.63) is 59.4 Å². The Bertz CT molecular complexity index is 1020. The van der Waals surface area contributed by atoms with Crippen molar-refractivity contribution in [1.82, 2.24) is 10.6 Å². The van der Waals surface area contributed by atoms with E-state index in [9.17, 15) is 14.0 Å². The smallest absolute Gasteiger partial charge is 0.254 e. The van der Waals surface area contributed by atoms with Gasteiger partial charge >= 0.3 is 0 Å². The summed E-state index contributed by atoms with van der Waals surface area (Å²) in [7, 11) is 0. The third kappa shape index (κ3) is 4.95. The van der Waals surface area contributed by atoms with Crippen molar-refractivity contribution >= 4 is 11.8 Å². The van der Waals surface area contributed by atoms with E-state index >= 15 is 0 Å². The largest absolute Gasteiger partial charge is 0.454 e. The van der Waals surface area contributed by atoms with Gasteiger partial charge in [-0.25, -0.2) is 4.39 Å². The van der Waals surface area contributed by atoms with Gasteiger partial charge in [-0.3, -0.25) is 9.59 Å². The molecule has 1 atom stereocenters. The Morgan fingerprint density at radius 3 is 2.52 bits per heavy atom. The van der Waals surface area contributed by atoms with Crippen molar-refractivity contribution in [2.45, 2.75) is 38.1 Å². The van der Waals surface area contributed by atoms with Gasteiger partial charge in [0.15, 0.2) is 11.5 Å². The van der Waals surface area contributed by atoms with Crippen LogP contribution in [0.15, 0.2) is 42.5 Å². The Kier molecular flexibility index (Phi) is 6.83. The van der Waals surface area contributed by atoms with Crippen LogP contribution in [0.5, 0.6) is 11.5 Å². The Morgan fingerprint density at radius 1 is 1.06 bits per heavy atom. The zero-order valence-corrected chi connectivity index (χ0v) is 18.9. The molecule has 33 heavy (non-hydrogen) atoms. The first kappa shape index (κ1) is 23.0. The molecule has 0 saturated carbocycles. The standard InChI is InChI=1S/C25H29FN2O5/c1-16(2)22(28-23(29)18-5-3-4-6-19(18)26)24(30)27-14-25(9-11-31-12-10-25)17-7-8-20-21(13-17)33-15-32-20/h3-8,13,16,22H,9-12,14-15H2,1-2H3,(H,27,30)(H,28,29). The van der Waals surface area contributed by atoms with Gasteiger partial charge in [0.25, 0.3) is 5.91 Å². The van der Waals surface area contributed by atoms with E-state index in [-0.39, 0.29) is 29.6 Å². The summed E-state index contributed by atoms with van der Waals surface area (Å²) in [5, 5.41) is 5.73. The average Bonchev–Trinajstić information content (AvgIpc) is 3.29. The molecule has 2 heterocycles. The molecule has 1 saturated heterocycles. The third-order valence-electron chi connectivity index (χ3n) is 6.39. The fourth-order valence-corrected chi connectivity index (χ4v) is 4.32. The van der Waals surface area contributed by atoms with Gasteiger partial charge in [-0.2, -0.15) is 0 Å². The molecule has 176 valence electrons. The molecule has 2 amide bonds. The third-order valence-corrected chi connectivity index (χ3v) is 6.39. The number of rotatable bonds is 7. The van der Waals surface area contributed by atoms with Crippen molar-refractivity contribution in [3.8, 4) is 11.5 Å². The molecule has 2 aliphatic rings. The lowest BCUT2D eigenvalue weighted by molar-refractivity contribution is -0.124. The van der Waals surface area contributed by atoms with Gasteiger partial charge in [0.2, 0.25) is 12.7 Å². The number of fused-ring (bicyclic) bond motifs is 1. The van der Waals surface area contributed by atoms with E-state index in [1.54, 1.807) is 6.07 Å². The SMILES string of the molecule is CC(C)C(NC(=O)c1ccccc1F)C(=O)NCC1(c2ccc3c(c2)OCO3)CCOCC1. The summed E-state index contributed by atoms with van der Waals surface area (Å²) in [6.07, 6.45) is 1.47. The van der Waals surface area contributed by atoms with E-state index in [0.29, 0.717) is 31.3 Å². The number of carbonyl (C=O) groups is 2. The van der Waals surface area contributed by atoms with Gasteiger partial charge in [-0.15, -0.1) is 0 Å². The highest BCUT2D eigenvalue weighted by Crippen LogP contribution is 2.40. The number of hydrogen-bond acceptors (Lipinski definition) is 5. The Balaban J connectivity index is 1.49. The summed E-state index contributed by atoms with van der Waals surface area (Å²) in [4.78, 5) is 25.8. The van der Waals surface area contributed by atoms with E-state index < -0.39 is 17.8 Å². The predicted octanol–water partition coefficient (Wildman–Crippen LogP) is 3.17. The maximum atomic E-state index is 14.0. The molecular weight excluding hydrogens is 427 g/mol. The summed E-state index contributed by atoms with van der Waals surface area (Å²) in [5.74, 6) is -0.318. The lowest BCUT2D eigenvalue weighted by Gasteiger charge is -2.38. The Morgan fingerprint density at radius 2 is 1.79 bits per heavy atom. The second-order valence-electron chi connectivity index (χ2n) is 8.85. The fraction of sp³-hybridized carbons (Fsp3) is 0.440. The number of halogens is 1. The molecule has 7 nitrogen and oxygen atoms in total. The zero-order valence-electron chi connectivity index (χ0n) is 18.9. The minimum absolute atomic E-state index is 0.0859. The topological polar surface area (TPSA) is 85.9 Å². The van der Waals surface area contributed by atoms with Gasteiger partial charge < -0.3 is 24.8 Å². The number of carbonyl (C=O) groups excluding carboxylic acids is 2. The molecule has 0 spiro atoms. The van der Waals surface area contributed by atoms with Crippen molar-refractivity contribution < 1.29 is 28.2 Å². The summed E-state index contributed by atoms with van der Waals surface area (Å²) >= 11 is 0. The number of benzene rings is 2. The summed E-state index contributed by atoms with van der Waals surface area (Å²) in [6, 6.07) is 10.8. The molecule has 0 radical (unpaired) electrons. The maximum Gasteiger partial charge on any atom is 0.254 e. The summed E-state index contributed by atoms with van der Waals surface area (Å²) in [5.41, 5.74) is 0.635. The molecular formula is C25H29FN2O5. The summed E-state index contributed by atoms with van der Waals surface area (Å²) < 4.78 is 30.6. The first-order chi connectivity index (χ1) is 15.9. The Hall–Kier alpha value is -3.13. The van der Waals surface area contributed by atoms with E-state index in [1.165, 1.54) is 18.2 Å². The first-order valence-corrected chi connectivity index (χ1v) is 11.2. The first-order valence-electron chi connectivity index (χ1n) is 11.2. The molecule has 2 aromatic carbocycles. The predicted molar refractivity (Wildman–Crippen MR) is 120 cm³/mol. The molecule has 1 fully saturated rings. The molecule has 0 aromatic heterocycles. The monoisotopic (exact) mass is 456 g/mol.